The third-order valence-corrected chi connectivity index (χ3v) is 5.74. The van der Waals surface area contributed by atoms with E-state index < -0.39 is 11.7 Å². The van der Waals surface area contributed by atoms with Crippen molar-refractivity contribution in [3.8, 4) is 0 Å². The Hall–Kier alpha value is -2.73. The second-order valence-corrected chi connectivity index (χ2v) is 9.53. The van der Waals surface area contributed by atoms with E-state index in [-0.39, 0.29) is 24.7 Å². The molecule has 0 radical (unpaired) electrons. The van der Waals surface area contributed by atoms with Crippen LogP contribution in [0.15, 0.2) is 54.6 Å². The lowest BCUT2D eigenvalue weighted by molar-refractivity contribution is 0.00800. The lowest BCUT2D eigenvalue weighted by atomic mass is 9.84. The summed E-state index contributed by atoms with van der Waals surface area (Å²) in [5, 5.41) is 0.644. The van der Waals surface area contributed by atoms with E-state index in [4.69, 9.17) is 21.1 Å². The van der Waals surface area contributed by atoms with Crippen molar-refractivity contribution in [1.29, 1.82) is 0 Å². The van der Waals surface area contributed by atoms with Gasteiger partial charge in [0.1, 0.15) is 12.2 Å². The summed E-state index contributed by atoms with van der Waals surface area (Å²) in [7, 11) is 1.72. The predicted molar refractivity (Wildman–Crippen MR) is 125 cm³/mol. The molecule has 1 aliphatic heterocycles. The topological polar surface area (TPSA) is 59.1 Å². The van der Waals surface area contributed by atoms with Gasteiger partial charge in [0, 0.05) is 31.1 Å². The largest absolute Gasteiger partial charge is 0.445 e. The van der Waals surface area contributed by atoms with Crippen LogP contribution in [-0.4, -0.2) is 53.8 Å². The summed E-state index contributed by atoms with van der Waals surface area (Å²) >= 11 is 6.23. The highest BCUT2D eigenvalue weighted by molar-refractivity contribution is 6.30. The monoisotopic (exact) mass is 458 g/mol. The van der Waals surface area contributed by atoms with Gasteiger partial charge in [0.25, 0.3) is 0 Å². The molecule has 1 aliphatic rings. The van der Waals surface area contributed by atoms with Crippen LogP contribution in [0.3, 0.4) is 0 Å². The average Bonchev–Trinajstić information content (AvgIpc) is 2.76. The first-order valence-corrected chi connectivity index (χ1v) is 11.2. The molecule has 6 nitrogen and oxygen atoms in total. The zero-order valence-electron chi connectivity index (χ0n) is 19.1. The summed E-state index contributed by atoms with van der Waals surface area (Å²) in [4.78, 5) is 28.9. The van der Waals surface area contributed by atoms with Crippen molar-refractivity contribution >= 4 is 23.8 Å². The molecule has 7 heteroatoms. The maximum absolute atomic E-state index is 12.8. The minimum Gasteiger partial charge on any atom is -0.445 e. The van der Waals surface area contributed by atoms with E-state index in [1.54, 1.807) is 16.8 Å². The number of ether oxygens (including phenoxy) is 2. The summed E-state index contributed by atoms with van der Waals surface area (Å²) in [6.45, 7) is 6.59. The van der Waals surface area contributed by atoms with Crippen LogP contribution < -0.4 is 0 Å². The number of benzene rings is 2. The van der Waals surface area contributed by atoms with Crippen molar-refractivity contribution in [2.45, 2.75) is 51.4 Å². The van der Waals surface area contributed by atoms with E-state index in [2.05, 4.69) is 0 Å². The molecule has 0 aliphatic carbocycles. The minimum absolute atomic E-state index is 0.0180. The Bertz CT molecular complexity index is 929. The zero-order valence-corrected chi connectivity index (χ0v) is 19.8. The summed E-state index contributed by atoms with van der Waals surface area (Å²) in [5.41, 5.74) is 1.35. The van der Waals surface area contributed by atoms with Crippen molar-refractivity contribution in [1.82, 2.24) is 9.80 Å². The summed E-state index contributed by atoms with van der Waals surface area (Å²) in [6, 6.07) is 17.0. The number of carbonyl (C=O) groups is 2. The van der Waals surface area contributed by atoms with Gasteiger partial charge in [0.05, 0.1) is 6.04 Å². The molecule has 3 rings (SSSR count). The number of nitrogens with zero attached hydrogens (tertiary/aromatic N) is 2. The molecule has 1 heterocycles. The summed E-state index contributed by atoms with van der Waals surface area (Å²) in [6.07, 6.45) is -0.131. The summed E-state index contributed by atoms with van der Waals surface area (Å²) in [5.74, 6) is 0.0180. The van der Waals surface area contributed by atoms with Gasteiger partial charge >= 0.3 is 12.2 Å². The molecule has 1 fully saturated rings. The van der Waals surface area contributed by atoms with Crippen LogP contribution in [0.25, 0.3) is 0 Å². The Morgan fingerprint density at radius 3 is 2.50 bits per heavy atom. The van der Waals surface area contributed by atoms with Gasteiger partial charge in [-0.15, -0.1) is 0 Å². The number of halogens is 1. The van der Waals surface area contributed by atoms with Crippen LogP contribution in [0.2, 0.25) is 5.02 Å². The fourth-order valence-corrected chi connectivity index (χ4v) is 4.09. The Morgan fingerprint density at radius 1 is 1.12 bits per heavy atom. The summed E-state index contributed by atoms with van der Waals surface area (Å²) < 4.78 is 11.1. The lowest BCUT2D eigenvalue weighted by Gasteiger charge is -2.42. The van der Waals surface area contributed by atoms with E-state index >= 15 is 0 Å². The molecule has 2 amide bonds. The number of carbonyl (C=O) groups excluding carboxylic acids is 2. The number of rotatable bonds is 4. The fourth-order valence-electron chi connectivity index (χ4n) is 3.90. The molecule has 0 saturated carbocycles. The van der Waals surface area contributed by atoms with Gasteiger partial charge in [-0.1, -0.05) is 54.1 Å². The van der Waals surface area contributed by atoms with Crippen LogP contribution in [-0.2, 0) is 16.1 Å². The van der Waals surface area contributed by atoms with Crippen molar-refractivity contribution in [2.75, 3.05) is 20.1 Å². The van der Waals surface area contributed by atoms with Crippen molar-refractivity contribution < 1.29 is 19.1 Å². The first kappa shape index (κ1) is 23.9. The van der Waals surface area contributed by atoms with Crippen LogP contribution in [0.4, 0.5) is 9.59 Å². The molecule has 1 saturated heterocycles. The molecule has 0 aromatic heterocycles. The molecule has 32 heavy (non-hydrogen) atoms. The van der Waals surface area contributed by atoms with E-state index in [1.807, 2.05) is 75.4 Å². The number of amides is 2. The normalized spacial score (nSPS) is 18.7. The van der Waals surface area contributed by atoms with Gasteiger partial charge in [0.2, 0.25) is 0 Å². The molecule has 0 N–H and O–H groups in total. The van der Waals surface area contributed by atoms with Crippen LogP contribution in [0.5, 0.6) is 0 Å². The maximum Gasteiger partial charge on any atom is 0.410 e. The average molecular weight is 459 g/mol. The highest BCUT2D eigenvalue weighted by Crippen LogP contribution is 2.33. The smallest absolute Gasteiger partial charge is 0.410 e. The molecule has 172 valence electrons. The Balaban J connectivity index is 1.76. The molecular weight excluding hydrogens is 428 g/mol. The van der Waals surface area contributed by atoms with E-state index in [9.17, 15) is 9.59 Å². The fraction of sp³-hybridized carbons (Fsp3) is 0.440. The van der Waals surface area contributed by atoms with Crippen LogP contribution in [0, 0.1) is 0 Å². The third kappa shape index (κ3) is 6.39. The standard InChI is InChI=1S/C25H31ClN2O4/c1-25(2,3)32-23(29)27(4)22-16-28(24(30)31-17-18-9-6-5-7-10-18)14-13-21(22)19-11-8-12-20(26)15-19/h5-12,15,21-22H,13-14,16-17H2,1-4H3/t21-,22+/m0/s1. The SMILES string of the molecule is CN(C(=O)OC(C)(C)C)[C@@H]1CN(C(=O)OCc2ccccc2)CC[C@H]1c1cccc(Cl)c1. The van der Waals surface area contributed by atoms with Gasteiger partial charge in [-0.25, -0.2) is 9.59 Å². The van der Waals surface area contributed by atoms with E-state index in [1.165, 1.54) is 0 Å². The third-order valence-electron chi connectivity index (χ3n) is 5.50. The number of likely N-dealkylation sites (N-methyl/N-ethyl adjacent to an activating group) is 1. The maximum atomic E-state index is 12.8. The van der Waals surface area contributed by atoms with Gasteiger partial charge in [-0.3, -0.25) is 0 Å². The molecule has 0 bridgehead atoms. The number of hydrogen-bond acceptors (Lipinski definition) is 4. The van der Waals surface area contributed by atoms with Crippen molar-refractivity contribution in [2.24, 2.45) is 0 Å². The predicted octanol–water partition coefficient (Wildman–Crippen LogP) is 5.70. The minimum atomic E-state index is -0.611. The van der Waals surface area contributed by atoms with Gasteiger partial charge in [0.15, 0.2) is 0 Å². The molecule has 0 spiro atoms. The highest BCUT2D eigenvalue weighted by Gasteiger charge is 2.38. The lowest BCUT2D eigenvalue weighted by Crippen LogP contribution is -2.54. The molecule has 0 unspecified atom stereocenters. The van der Waals surface area contributed by atoms with Crippen molar-refractivity contribution in [3.05, 3.63) is 70.7 Å². The van der Waals surface area contributed by atoms with Crippen LogP contribution >= 0.6 is 11.6 Å². The van der Waals surface area contributed by atoms with Crippen molar-refractivity contribution in [3.63, 3.8) is 0 Å². The number of hydrogen-bond donors (Lipinski definition) is 0. The first-order chi connectivity index (χ1) is 15.1. The molecular formula is C25H31ClN2O4. The molecule has 2 aromatic rings. The van der Waals surface area contributed by atoms with Crippen LogP contribution in [0.1, 0.15) is 44.2 Å². The Labute approximate surface area is 195 Å². The highest BCUT2D eigenvalue weighted by atomic mass is 35.5. The quantitative estimate of drug-likeness (QED) is 0.589. The Kier molecular flexibility index (Phi) is 7.67. The second kappa shape index (κ2) is 10.3. The van der Waals surface area contributed by atoms with Gasteiger partial charge in [-0.05, 0) is 50.5 Å². The molecule has 2 atom stereocenters. The van der Waals surface area contributed by atoms with E-state index in [0.29, 0.717) is 24.5 Å². The number of likely N-dealkylation sites (tertiary alicyclic amines) is 1. The van der Waals surface area contributed by atoms with Gasteiger partial charge < -0.3 is 19.3 Å². The Morgan fingerprint density at radius 2 is 1.84 bits per heavy atom. The molecule has 2 aromatic carbocycles. The first-order valence-electron chi connectivity index (χ1n) is 10.8. The second-order valence-electron chi connectivity index (χ2n) is 9.09. The van der Waals surface area contributed by atoms with E-state index in [0.717, 1.165) is 11.1 Å². The van der Waals surface area contributed by atoms with Gasteiger partial charge in [-0.2, -0.15) is 0 Å². The number of piperidine rings is 1. The zero-order chi connectivity index (χ0) is 23.3.